The van der Waals surface area contributed by atoms with Crippen molar-refractivity contribution in [2.24, 2.45) is 0 Å². The van der Waals surface area contributed by atoms with Gasteiger partial charge in [-0.15, -0.1) is 0 Å². The number of hydrogen-bond acceptors (Lipinski definition) is 2. The van der Waals surface area contributed by atoms with Crippen LogP contribution < -0.4 is 0 Å². The third-order valence-corrected chi connectivity index (χ3v) is 2.91. The van der Waals surface area contributed by atoms with E-state index >= 15 is 0 Å². The van der Waals surface area contributed by atoms with E-state index in [2.05, 4.69) is 0 Å². The Balaban J connectivity index is 2.29. The van der Waals surface area contributed by atoms with Gasteiger partial charge in [-0.2, -0.15) is 0 Å². The molecule has 2 heteroatoms. The Morgan fingerprint density at radius 3 is 2.22 bits per heavy atom. The molecule has 1 N–H and O–H groups in total. The molecule has 0 aromatic heterocycles. The Morgan fingerprint density at radius 1 is 1.00 bits per heavy atom. The number of hydrogen-bond donors (Lipinski definition) is 1. The van der Waals surface area contributed by atoms with Crippen molar-refractivity contribution in [3.05, 3.63) is 70.8 Å². The van der Waals surface area contributed by atoms with Crippen molar-refractivity contribution in [2.75, 3.05) is 0 Å². The van der Waals surface area contributed by atoms with Crippen molar-refractivity contribution in [1.29, 1.82) is 0 Å². The zero-order valence-corrected chi connectivity index (χ0v) is 10.6. The Labute approximate surface area is 107 Å². The molecule has 0 saturated heterocycles. The minimum Gasteiger partial charge on any atom is -0.380 e. The summed E-state index contributed by atoms with van der Waals surface area (Å²) in [5, 5.41) is 10.1. The molecule has 92 valence electrons. The molecule has 0 aliphatic rings. The summed E-state index contributed by atoms with van der Waals surface area (Å²) >= 11 is 0. The number of carbonyl (C=O) groups excluding carboxylic acids is 1. The minimum absolute atomic E-state index is 0.260. The van der Waals surface area contributed by atoms with Gasteiger partial charge in [0.15, 0.2) is 5.78 Å². The minimum atomic E-state index is -1.09. The van der Waals surface area contributed by atoms with Gasteiger partial charge < -0.3 is 5.11 Å². The zero-order chi connectivity index (χ0) is 13.1. The van der Waals surface area contributed by atoms with Gasteiger partial charge in [-0.3, -0.25) is 4.79 Å². The van der Waals surface area contributed by atoms with Crippen LogP contribution >= 0.6 is 0 Å². The van der Waals surface area contributed by atoms with E-state index in [0.717, 1.165) is 11.1 Å². The maximum absolute atomic E-state index is 12.2. The summed E-state index contributed by atoms with van der Waals surface area (Å²) in [6.07, 6.45) is -1.09. The number of carbonyl (C=O) groups is 1. The number of ketones is 1. The molecule has 18 heavy (non-hydrogen) atoms. The second kappa shape index (κ2) is 5.15. The lowest BCUT2D eigenvalue weighted by Crippen LogP contribution is -2.12. The molecule has 0 aliphatic carbocycles. The molecule has 0 amide bonds. The Hall–Kier alpha value is -1.93. The average Bonchev–Trinajstić information content (AvgIpc) is 2.37. The quantitative estimate of drug-likeness (QED) is 0.836. The van der Waals surface area contributed by atoms with Crippen molar-refractivity contribution in [1.82, 2.24) is 0 Å². The van der Waals surface area contributed by atoms with E-state index < -0.39 is 6.10 Å². The smallest absolute Gasteiger partial charge is 0.195 e. The standard InChI is InChI=1S/C16H16O2/c1-11-5-3-7-13(9-11)15(17)16(18)14-8-4-6-12(2)10-14/h3-10,15,17H,1-2H3/t15-/m1/s1. The van der Waals surface area contributed by atoms with Crippen LogP contribution in [0.15, 0.2) is 48.5 Å². The molecule has 2 aromatic carbocycles. The highest BCUT2D eigenvalue weighted by Crippen LogP contribution is 2.19. The topological polar surface area (TPSA) is 37.3 Å². The normalized spacial score (nSPS) is 12.2. The van der Waals surface area contributed by atoms with Crippen molar-refractivity contribution in [2.45, 2.75) is 20.0 Å². The van der Waals surface area contributed by atoms with Gasteiger partial charge in [-0.05, 0) is 25.5 Å². The predicted octanol–water partition coefficient (Wildman–Crippen LogP) is 3.22. The van der Waals surface area contributed by atoms with Crippen LogP contribution in [0.25, 0.3) is 0 Å². The van der Waals surface area contributed by atoms with Crippen molar-refractivity contribution in [3.63, 3.8) is 0 Å². The summed E-state index contributed by atoms with van der Waals surface area (Å²) in [6.45, 7) is 3.86. The number of aryl methyl sites for hydroxylation is 2. The molecule has 0 aliphatic heterocycles. The SMILES string of the molecule is Cc1cccc(C(=O)[C@H](O)c2cccc(C)c2)c1. The lowest BCUT2D eigenvalue weighted by molar-refractivity contribution is 0.0747. The highest BCUT2D eigenvalue weighted by Gasteiger charge is 2.19. The van der Waals surface area contributed by atoms with Gasteiger partial charge in [0.2, 0.25) is 0 Å². The molecule has 0 saturated carbocycles. The molecule has 1 atom stereocenters. The van der Waals surface area contributed by atoms with Gasteiger partial charge in [-0.25, -0.2) is 0 Å². The Morgan fingerprint density at radius 2 is 1.61 bits per heavy atom. The first-order valence-corrected chi connectivity index (χ1v) is 5.93. The molecular formula is C16H16O2. The highest BCUT2D eigenvalue weighted by molar-refractivity contribution is 6.00. The second-order valence-electron chi connectivity index (χ2n) is 4.55. The molecule has 0 bridgehead atoms. The van der Waals surface area contributed by atoms with E-state index in [0.29, 0.717) is 11.1 Å². The predicted molar refractivity (Wildman–Crippen MR) is 71.6 cm³/mol. The van der Waals surface area contributed by atoms with Gasteiger partial charge in [-0.1, -0.05) is 53.6 Å². The molecule has 2 rings (SSSR count). The first-order chi connectivity index (χ1) is 8.58. The second-order valence-corrected chi connectivity index (χ2v) is 4.55. The third-order valence-electron chi connectivity index (χ3n) is 2.91. The van der Waals surface area contributed by atoms with Crippen molar-refractivity contribution in [3.8, 4) is 0 Å². The highest BCUT2D eigenvalue weighted by atomic mass is 16.3. The average molecular weight is 240 g/mol. The Bertz CT molecular complexity index is 573. The van der Waals surface area contributed by atoms with Crippen molar-refractivity contribution < 1.29 is 9.90 Å². The van der Waals surface area contributed by atoms with E-state index in [-0.39, 0.29) is 5.78 Å². The summed E-state index contributed by atoms with van der Waals surface area (Å²) in [7, 11) is 0. The summed E-state index contributed by atoms with van der Waals surface area (Å²) in [4.78, 5) is 12.2. The number of rotatable bonds is 3. The van der Waals surface area contributed by atoms with Gasteiger partial charge in [0.05, 0.1) is 0 Å². The van der Waals surface area contributed by atoms with E-state index in [4.69, 9.17) is 0 Å². The van der Waals surface area contributed by atoms with E-state index in [9.17, 15) is 9.90 Å². The molecule has 0 spiro atoms. The van der Waals surface area contributed by atoms with E-state index in [1.165, 1.54) is 0 Å². The van der Waals surface area contributed by atoms with Crippen LogP contribution in [0.2, 0.25) is 0 Å². The Kier molecular flexibility index (Phi) is 3.58. The van der Waals surface area contributed by atoms with Crippen LogP contribution in [0.1, 0.15) is 33.2 Å². The molecule has 2 nitrogen and oxygen atoms in total. The largest absolute Gasteiger partial charge is 0.380 e. The molecule has 0 radical (unpaired) electrons. The van der Waals surface area contributed by atoms with E-state index in [1.807, 2.05) is 44.2 Å². The third kappa shape index (κ3) is 2.66. The van der Waals surface area contributed by atoms with Gasteiger partial charge in [0, 0.05) is 5.56 Å². The lowest BCUT2D eigenvalue weighted by atomic mass is 9.98. The van der Waals surface area contributed by atoms with Crippen LogP contribution in [0.3, 0.4) is 0 Å². The maximum atomic E-state index is 12.2. The zero-order valence-electron chi connectivity index (χ0n) is 10.6. The number of aliphatic hydroxyl groups is 1. The van der Waals surface area contributed by atoms with Crippen LogP contribution in [-0.2, 0) is 0 Å². The number of benzene rings is 2. The first kappa shape index (κ1) is 12.5. The summed E-state index contributed by atoms with van der Waals surface area (Å²) in [6, 6.07) is 14.7. The van der Waals surface area contributed by atoms with Crippen LogP contribution in [0.4, 0.5) is 0 Å². The molecule has 0 fully saturated rings. The summed E-state index contributed by atoms with van der Waals surface area (Å²) in [5.74, 6) is -0.260. The molecule has 0 unspecified atom stereocenters. The van der Waals surface area contributed by atoms with Crippen LogP contribution in [0, 0.1) is 13.8 Å². The number of Topliss-reactive ketones (excluding diaryl/α,β-unsaturated/α-hetero) is 1. The number of aliphatic hydroxyl groups excluding tert-OH is 1. The fraction of sp³-hybridized carbons (Fsp3) is 0.188. The molecule has 2 aromatic rings. The van der Waals surface area contributed by atoms with Crippen LogP contribution in [-0.4, -0.2) is 10.9 Å². The van der Waals surface area contributed by atoms with Gasteiger partial charge >= 0.3 is 0 Å². The molecular weight excluding hydrogens is 224 g/mol. The maximum Gasteiger partial charge on any atom is 0.195 e. The lowest BCUT2D eigenvalue weighted by Gasteiger charge is -2.11. The molecule has 0 heterocycles. The first-order valence-electron chi connectivity index (χ1n) is 5.93. The summed E-state index contributed by atoms with van der Waals surface area (Å²) in [5.41, 5.74) is 3.23. The van der Waals surface area contributed by atoms with Gasteiger partial charge in [0.1, 0.15) is 6.10 Å². The van der Waals surface area contributed by atoms with Crippen molar-refractivity contribution >= 4 is 5.78 Å². The summed E-state index contributed by atoms with van der Waals surface area (Å²) < 4.78 is 0. The monoisotopic (exact) mass is 240 g/mol. The van der Waals surface area contributed by atoms with Gasteiger partial charge in [0.25, 0.3) is 0 Å². The van der Waals surface area contributed by atoms with E-state index in [1.54, 1.807) is 18.2 Å². The van der Waals surface area contributed by atoms with Crippen LogP contribution in [0.5, 0.6) is 0 Å². The fourth-order valence-corrected chi connectivity index (χ4v) is 1.95. The fourth-order valence-electron chi connectivity index (χ4n) is 1.95.